The minimum absolute atomic E-state index is 0.160. The molecule has 0 aliphatic heterocycles. The van der Waals surface area contributed by atoms with Crippen LogP contribution in [0.15, 0.2) is 61.1 Å². The van der Waals surface area contributed by atoms with E-state index in [0.29, 0.717) is 18.9 Å². The number of carbonyl (C=O) groups excluding carboxylic acids is 1. The van der Waals surface area contributed by atoms with Crippen molar-refractivity contribution in [2.75, 3.05) is 6.54 Å². The van der Waals surface area contributed by atoms with Crippen LogP contribution in [0.2, 0.25) is 0 Å². The molecule has 3 aromatic rings. The zero-order chi connectivity index (χ0) is 19.2. The van der Waals surface area contributed by atoms with Crippen molar-refractivity contribution in [2.45, 2.75) is 26.4 Å². The Morgan fingerprint density at radius 1 is 1.26 bits per heavy atom. The molecule has 0 bridgehead atoms. The van der Waals surface area contributed by atoms with Gasteiger partial charge in [0.1, 0.15) is 5.82 Å². The van der Waals surface area contributed by atoms with E-state index in [9.17, 15) is 9.18 Å². The molecule has 0 spiro atoms. The molecular weight excluding hydrogens is 345 g/mol. The fourth-order valence-corrected chi connectivity index (χ4v) is 2.89. The molecular formula is C20H22FN5O. The summed E-state index contributed by atoms with van der Waals surface area (Å²) in [6.45, 7) is 4.77. The lowest BCUT2D eigenvalue weighted by molar-refractivity contribution is 0.182. The molecule has 3 rings (SSSR count). The summed E-state index contributed by atoms with van der Waals surface area (Å²) in [5.41, 5.74) is 1.81. The normalized spacial score (nSPS) is 11.8. The lowest BCUT2D eigenvalue weighted by Gasteiger charge is -2.28. The summed E-state index contributed by atoms with van der Waals surface area (Å²) >= 11 is 0. The zero-order valence-electron chi connectivity index (χ0n) is 15.3. The fraction of sp³-hybridized carbons (Fsp3) is 0.250. The Labute approximate surface area is 157 Å². The molecule has 0 aliphatic rings. The van der Waals surface area contributed by atoms with E-state index in [1.165, 1.54) is 12.1 Å². The maximum absolute atomic E-state index is 13.1. The second-order valence-electron chi connectivity index (χ2n) is 6.15. The first-order chi connectivity index (χ1) is 13.1. The highest BCUT2D eigenvalue weighted by Crippen LogP contribution is 2.20. The Hall–Kier alpha value is -3.22. The van der Waals surface area contributed by atoms with Crippen molar-refractivity contribution in [2.24, 2.45) is 0 Å². The van der Waals surface area contributed by atoms with Crippen LogP contribution in [0.5, 0.6) is 0 Å². The lowest BCUT2D eigenvalue weighted by Crippen LogP contribution is -2.41. The first-order valence-corrected chi connectivity index (χ1v) is 8.83. The van der Waals surface area contributed by atoms with Crippen LogP contribution in [-0.4, -0.2) is 32.2 Å². The van der Waals surface area contributed by atoms with Gasteiger partial charge in [0, 0.05) is 31.7 Å². The van der Waals surface area contributed by atoms with Gasteiger partial charge in [-0.15, -0.1) is 0 Å². The maximum atomic E-state index is 13.1. The molecule has 1 atom stereocenters. The van der Waals surface area contributed by atoms with Crippen molar-refractivity contribution in [1.29, 1.82) is 0 Å². The van der Waals surface area contributed by atoms with Crippen LogP contribution in [0.3, 0.4) is 0 Å². The standard InChI is InChI=1S/C20H22FN5O/c1-3-25(15(2)17-5-7-18(21)8-6-17)20(27)23-14-16-9-11-22-19(13-16)26-12-4-10-24-26/h4-13,15H,3,14H2,1-2H3,(H,23,27). The van der Waals surface area contributed by atoms with E-state index in [1.807, 2.05) is 38.2 Å². The zero-order valence-corrected chi connectivity index (χ0v) is 15.3. The van der Waals surface area contributed by atoms with E-state index in [1.54, 1.807) is 34.1 Å². The fourth-order valence-electron chi connectivity index (χ4n) is 2.89. The van der Waals surface area contributed by atoms with E-state index in [4.69, 9.17) is 0 Å². The molecule has 1 N–H and O–H groups in total. The minimum atomic E-state index is -0.288. The number of hydrogen-bond donors (Lipinski definition) is 1. The van der Waals surface area contributed by atoms with Crippen molar-refractivity contribution in [3.8, 4) is 5.82 Å². The number of benzene rings is 1. The molecule has 140 valence electrons. The third-order valence-electron chi connectivity index (χ3n) is 4.41. The van der Waals surface area contributed by atoms with Gasteiger partial charge in [-0.2, -0.15) is 5.10 Å². The molecule has 0 saturated carbocycles. The molecule has 0 saturated heterocycles. The van der Waals surface area contributed by atoms with E-state index in [2.05, 4.69) is 15.4 Å². The summed E-state index contributed by atoms with van der Waals surface area (Å²) in [7, 11) is 0. The first-order valence-electron chi connectivity index (χ1n) is 8.83. The second kappa shape index (κ2) is 8.44. The molecule has 6 nitrogen and oxygen atoms in total. The number of hydrogen-bond acceptors (Lipinski definition) is 3. The topological polar surface area (TPSA) is 63.1 Å². The minimum Gasteiger partial charge on any atom is -0.334 e. The third kappa shape index (κ3) is 4.49. The highest BCUT2D eigenvalue weighted by molar-refractivity contribution is 5.74. The van der Waals surface area contributed by atoms with Gasteiger partial charge >= 0.3 is 6.03 Å². The van der Waals surface area contributed by atoms with Gasteiger partial charge in [-0.1, -0.05) is 12.1 Å². The van der Waals surface area contributed by atoms with E-state index < -0.39 is 0 Å². The van der Waals surface area contributed by atoms with Crippen LogP contribution in [0.1, 0.15) is 31.0 Å². The summed E-state index contributed by atoms with van der Waals surface area (Å²) in [6, 6.07) is 11.5. The van der Waals surface area contributed by atoms with Gasteiger partial charge in [0.05, 0.1) is 6.04 Å². The number of nitrogens with one attached hydrogen (secondary N) is 1. The Kier molecular flexibility index (Phi) is 5.80. The highest BCUT2D eigenvalue weighted by Gasteiger charge is 2.19. The van der Waals surface area contributed by atoms with Gasteiger partial charge in [-0.3, -0.25) is 0 Å². The SMILES string of the molecule is CCN(C(=O)NCc1ccnc(-n2cccn2)c1)C(C)c1ccc(F)cc1. The van der Waals surface area contributed by atoms with Gasteiger partial charge in [0.25, 0.3) is 0 Å². The lowest BCUT2D eigenvalue weighted by atomic mass is 10.1. The van der Waals surface area contributed by atoms with Gasteiger partial charge in [-0.05, 0) is 55.3 Å². The summed E-state index contributed by atoms with van der Waals surface area (Å²) in [5.74, 6) is 0.405. The molecule has 27 heavy (non-hydrogen) atoms. The summed E-state index contributed by atoms with van der Waals surface area (Å²) in [5, 5.41) is 7.10. The quantitative estimate of drug-likeness (QED) is 0.723. The maximum Gasteiger partial charge on any atom is 0.318 e. The molecule has 2 aromatic heterocycles. The van der Waals surface area contributed by atoms with E-state index in [-0.39, 0.29) is 17.9 Å². The van der Waals surface area contributed by atoms with Gasteiger partial charge in [0.2, 0.25) is 0 Å². The number of pyridine rings is 1. The molecule has 1 unspecified atom stereocenters. The summed E-state index contributed by atoms with van der Waals surface area (Å²) in [4.78, 5) is 18.6. The van der Waals surface area contributed by atoms with E-state index in [0.717, 1.165) is 11.1 Å². The Morgan fingerprint density at radius 3 is 2.70 bits per heavy atom. The molecule has 1 aromatic carbocycles. The van der Waals surface area contributed by atoms with Crippen molar-refractivity contribution >= 4 is 6.03 Å². The van der Waals surface area contributed by atoms with Gasteiger partial charge in [-0.25, -0.2) is 18.9 Å². The van der Waals surface area contributed by atoms with Crippen molar-refractivity contribution < 1.29 is 9.18 Å². The third-order valence-corrected chi connectivity index (χ3v) is 4.41. The number of urea groups is 1. The van der Waals surface area contributed by atoms with E-state index >= 15 is 0 Å². The number of amides is 2. The molecule has 0 fully saturated rings. The molecule has 0 radical (unpaired) electrons. The van der Waals surface area contributed by atoms with Crippen LogP contribution in [-0.2, 0) is 6.54 Å². The van der Waals surface area contributed by atoms with Crippen molar-refractivity contribution in [3.63, 3.8) is 0 Å². The predicted octanol–water partition coefficient (Wildman–Crippen LogP) is 3.70. The molecule has 2 heterocycles. The summed E-state index contributed by atoms with van der Waals surface area (Å²) in [6.07, 6.45) is 5.19. The van der Waals surface area contributed by atoms with Crippen molar-refractivity contribution in [1.82, 2.24) is 25.0 Å². The largest absolute Gasteiger partial charge is 0.334 e. The average molecular weight is 367 g/mol. The number of nitrogens with zero attached hydrogens (tertiary/aromatic N) is 4. The first kappa shape index (κ1) is 18.6. The smallest absolute Gasteiger partial charge is 0.318 e. The number of rotatable bonds is 6. The van der Waals surface area contributed by atoms with Crippen LogP contribution in [0, 0.1) is 5.82 Å². The van der Waals surface area contributed by atoms with Gasteiger partial charge < -0.3 is 10.2 Å². The molecule has 2 amide bonds. The predicted molar refractivity (Wildman–Crippen MR) is 101 cm³/mol. The number of aromatic nitrogens is 3. The van der Waals surface area contributed by atoms with Crippen LogP contribution in [0.25, 0.3) is 5.82 Å². The number of halogens is 1. The second-order valence-corrected chi connectivity index (χ2v) is 6.15. The van der Waals surface area contributed by atoms with Crippen LogP contribution >= 0.6 is 0 Å². The molecule has 0 aliphatic carbocycles. The monoisotopic (exact) mass is 367 g/mol. The Bertz CT molecular complexity index is 880. The van der Waals surface area contributed by atoms with Gasteiger partial charge in [0.15, 0.2) is 5.82 Å². The van der Waals surface area contributed by atoms with Crippen LogP contribution in [0.4, 0.5) is 9.18 Å². The Balaban J connectivity index is 1.65. The average Bonchev–Trinajstić information content (AvgIpc) is 3.22. The van der Waals surface area contributed by atoms with Crippen molar-refractivity contribution in [3.05, 3.63) is 78.0 Å². The number of carbonyl (C=O) groups is 1. The highest BCUT2D eigenvalue weighted by atomic mass is 19.1. The van der Waals surface area contributed by atoms with Crippen LogP contribution < -0.4 is 5.32 Å². The Morgan fingerprint density at radius 2 is 2.04 bits per heavy atom. The molecule has 7 heteroatoms. The summed E-state index contributed by atoms with van der Waals surface area (Å²) < 4.78 is 14.8.